The molecule has 2 atom stereocenters. The van der Waals surface area contributed by atoms with Gasteiger partial charge in [-0.3, -0.25) is 0 Å². The molecule has 2 aliphatic rings. The number of aliphatic imine (C=N–C) groups is 3. The Morgan fingerprint density at radius 1 is 1.55 bits per heavy atom. The fourth-order valence-corrected chi connectivity index (χ4v) is 1.11. The zero-order valence-corrected chi connectivity index (χ0v) is 6.06. The summed E-state index contributed by atoms with van der Waals surface area (Å²) < 4.78 is 5.02. The van der Waals surface area contributed by atoms with Crippen LogP contribution in [0, 0.1) is 0 Å². The van der Waals surface area contributed by atoms with Crippen molar-refractivity contribution in [2.75, 3.05) is 7.11 Å². The molecule has 0 saturated carbocycles. The van der Waals surface area contributed by atoms with Crippen LogP contribution in [-0.4, -0.2) is 37.9 Å². The van der Waals surface area contributed by atoms with E-state index in [2.05, 4.69) is 20.3 Å². The van der Waals surface area contributed by atoms with Crippen LogP contribution in [0.3, 0.4) is 0 Å². The van der Waals surface area contributed by atoms with Gasteiger partial charge in [0.05, 0.1) is 13.4 Å². The molecule has 0 aromatic rings. The minimum Gasteiger partial charge on any atom is -0.482 e. The molecule has 2 aliphatic heterocycles. The SMILES string of the molecule is COC1=NC=NC2N=CNC12. The van der Waals surface area contributed by atoms with Crippen molar-refractivity contribution < 1.29 is 4.74 Å². The van der Waals surface area contributed by atoms with Gasteiger partial charge < -0.3 is 10.1 Å². The van der Waals surface area contributed by atoms with Gasteiger partial charge in [0.25, 0.3) is 0 Å². The van der Waals surface area contributed by atoms with Gasteiger partial charge in [0.15, 0.2) is 6.17 Å². The molecule has 0 radical (unpaired) electrons. The number of rotatable bonds is 0. The lowest BCUT2D eigenvalue weighted by atomic mass is 10.2. The van der Waals surface area contributed by atoms with Gasteiger partial charge in [0.1, 0.15) is 12.4 Å². The second-order valence-corrected chi connectivity index (χ2v) is 2.27. The minimum absolute atomic E-state index is 0.00463. The Morgan fingerprint density at radius 2 is 2.45 bits per heavy atom. The molecule has 1 N–H and O–H groups in total. The number of methoxy groups -OCH3 is 1. The number of fused-ring (bicyclic) bond motifs is 1. The summed E-state index contributed by atoms with van der Waals surface area (Å²) in [6.07, 6.45) is 3.03. The zero-order chi connectivity index (χ0) is 7.68. The first-order valence-electron chi connectivity index (χ1n) is 3.33. The fraction of sp³-hybridized carbons (Fsp3) is 0.500. The predicted molar refractivity (Wildman–Crippen MR) is 42.1 cm³/mol. The number of nitrogens with one attached hydrogen (secondary N) is 1. The lowest BCUT2D eigenvalue weighted by Gasteiger charge is -2.18. The standard InChI is InChI=1S/C6H8N4O/c1-11-6-4-5(8-2-7-4)9-3-10-6/h2-5H,1H3,(H,7,8). The summed E-state index contributed by atoms with van der Waals surface area (Å²) in [5, 5.41) is 3.00. The summed E-state index contributed by atoms with van der Waals surface area (Å²) in [7, 11) is 1.59. The highest BCUT2D eigenvalue weighted by Gasteiger charge is 2.30. The third-order valence-corrected chi connectivity index (χ3v) is 1.66. The molecular weight excluding hydrogens is 144 g/mol. The van der Waals surface area contributed by atoms with Gasteiger partial charge in [0.2, 0.25) is 5.90 Å². The first-order valence-corrected chi connectivity index (χ1v) is 3.33. The van der Waals surface area contributed by atoms with Crippen LogP contribution in [0.5, 0.6) is 0 Å². The molecule has 0 bridgehead atoms. The minimum atomic E-state index is -0.0811. The van der Waals surface area contributed by atoms with Gasteiger partial charge in [-0.1, -0.05) is 0 Å². The average Bonchev–Trinajstić information content (AvgIpc) is 2.50. The Balaban J connectivity index is 2.23. The molecule has 2 heterocycles. The van der Waals surface area contributed by atoms with E-state index >= 15 is 0 Å². The highest BCUT2D eigenvalue weighted by atomic mass is 16.5. The first-order chi connectivity index (χ1) is 5.42. The lowest BCUT2D eigenvalue weighted by Crippen LogP contribution is -2.41. The van der Waals surface area contributed by atoms with E-state index in [0.29, 0.717) is 5.90 Å². The van der Waals surface area contributed by atoms with Crippen LogP contribution in [0.2, 0.25) is 0 Å². The second-order valence-electron chi connectivity index (χ2n) is 2.27. The Bertz CT molecular complexity index is 245. The Labute approximate surface area is 63.9 Å². The van der Waals surface area contributed by atoms with Gasteiger partial charge in [-0.25, -0.2) is 15.0 Å². The number of hydrogen-bond acceptors (Lipinski definition) is 5. The molecule has 5 nitrogen and oxygen atoms in total. The highest BCUT2D eigenvalue weighted by molar-refractivity contribution is 5.93. The molecule has 5 heteroatoms. The maximum absolute atomic E-state index is 5.02. The van der Waals surface area contributed by atoms with Crippen molar-refractivity contribution in [1.29, 1.82) is 0 Å². The molecule has 2 unspecified atom stereocenters. The summed E-state index contributed by atoms with van der Waals surface area (Å²) >= 11 is 0. The maximum atomic E-state index is 5.02. The highest BCUT2D eigenvalue weighted by Crippen LogP contribution is 2.10. The van der Waals surface area contributed by atoms with Gasteiger partial charge in [0, 0.05) is 0 Å². The zero-order valence-electron chi connectivity index (χ0n) is 6.06. The fourth-order valence-electron chi connectivity index (χ4n) is 1.11. The van der Waals surface area contributed by atoms with Gasteiger partial charge in [-0.15, -0.1) is 0 Å². The monoisotopic (exact) mass is 152 g/mol. The van der Waals surface area contributed by atoms with Gasteiger partial charge >= 0.3 is 0 Å². The van der Waals surface area contributed by atoms with Crippen molar-refractivity contribution >= 4 is 18.6 Å². The normalized spacial score (nSPS) is 32.6. The molecule has 2 rings (SSSR count). The van der Waals surface area contributed by atoms with Crippen molar-refractivity contribution in [3.8, 4) is 0 Å². The Hall–Kier alpha value is -1.39. The van der Waals surface area contributed by atoms with Gasteiger partial charge in [-0.05, 0) is 0 Å². The number of nitrogens with zero attached hydrogens (tertiary/aromatic N) is 3. The number of hydrogen-bond donors (Lipinski definition) is 1. The average molecular weight is 152 g/mol. The summed E-state index contributed by atoms with van der Waals surface area (Å²) in [6, 6.07) is 0.00463. The van der Waals surface area contributed by atoms with Crippen LogP contribution < -0.4 is 5.32 Å². The van der Waals surface area contributed by atoms with E-state index in [4.69, 9.17) is 4.74 Å². The summed E-state index contributed by atoms with van der Waals surface area (Å²) in [6.45, 7) is 0. The maximum Gasteiger partial charge on any atom is 0.216 e. The lowest BCUT2D eigenvalue weighted by molar-refractivity contribution is 0.369. The smallest absolute Gasteiger partial charge is 0.216 e. The van der Waals surface area contributed by atoms with Crippen LogP contribution in [0.1, 0.15) is 0 Å². The van der Waals surface area contributed by atoms with Crippen LogP contribution >= 0.6 is 0 Å². The Morgan fingerprint density at radius 3 is 3.27 bits per heavy atom. The van der Waals surface area contributed by atoms with Crippen LogP contribution in [0.4, 0.5) is 0 Å². The molecule has 0 aromatic heterocycles. The topological polar surface area (TPSA) is 58.3 Å². The molecule has 11 heavy (non-hydrogen) atoms. The first kappa shape index (κ1) is 6.33. The van der Waals surface area contributed by atoms with Crippen LogP contribution in [0.25, 0.3) is 0 Å². The van der Waals surface area contributed by atoms with E-state index < -0.39 is 0 Å². The third-order valence-electron chi connectivity index (χ3n) is 1.66. The van der Waals surface area contributed by atoms with Crippen molar-refractivity contribution in [2.45, 2.75) is 12.2 Å². The molecule has 0 saturated heterocycles. The van der Waals surface area contributed by atoms with Gasteiger partial charge in [-0.2, -0.15) is 0 Å². The van der Waals surface area contributed by atoms with E-state index in [1.165, 1.54) is 6.34 Å². The molecule has 0 spiro atoms. The molecule has 0 fully saturated rings. The van der Waals surface area contributed by atoms with E-state index in [1.807, 2.05) is 0 Å². The molecule has 0 aromatic carbocycles. The molecule has 0 amide bonds. The van der Waals surface area contributed by atoms with Crippen molar-refractivity contribution in [1.82, 2.24) is 5.32 Å². The van der Waals surface area contributed by atoms with Crippen LogP contribution in [-0.2, 0) is 4.74 Å². The number of ether oxygens (including phenoxy) is 1. The predicted octanol–water partition coefficient (Wildman–Crippen LogP) is -0.601. The van der Waals surface area contributed by atoms with Crippen molar-refractivity contribution in [2.24, 2.45) is 15.0 Å². The summed E-state index contributed by atoms with van der Waals surface area (Å²) in [5.74, 6) is 0.641. The Kier molecular flexibility index (Phi) is 1.34. The summed E-state index contributed by atoms with van der Waals surface area (Å²) in [4.78, 5) is 12.0. The van der Waals surface area contributed by atoms with E-state index in [-0.39, 0.29) is 12.2 Å². The second kappa shape index (κ2) is 2.34. The van der Waals surface area contributed by atoms with E-state index in [9.17, 15) is 0 Å². The van der Waals surface area contributed by atoms with Crippen molar-refractivity contribution in [3.63, 3.8) is 0 Å². The largest absolute Gasteiger partial charge is 0.482 e. The summed E-state index contributed by atoms with van der Waals surface area (Å²) in [5.41, 5.74) is 0. The molecule has 58 valence electrons. The molecular formula is C6H8N4O. The van der Waals surface area contributed by atoms with Crippen LogP contribution in [0.15, 0.2) is 15.0 Å². The quantitative estimate of drug-likeness (QED) is 0.504. The third kappa shape index (κ3) is 0.886. The molecule has 0 aliphatic carbocycles. The van der Waals surface area contributed by atoms with Crippen molar-refractivity contribution in [3.05, 3.63) is 0 Å². The van der Waals surface area contributed by atoms with E-state index in [1.54, 1.807) is 13.4 Å². The van der Waals surface area contributed by atoms with E-state index in [0.717, 1.165) is 0 Å².